The maximum Gasteiger partial charge on any atom is 0.332 e. The van der Waals surface area contributed by atoms with E-state index in [4.69, 9.17) is 11.6 Å². The fourth-order valence-electron chi connectivity index (χ4n) is 5.14. The van der Waals surface area contributed by atoms with E-state index in [1.54, 1.807) is 49.9 Å². The summed E-state index contributed by atoms with van der Waals surface area (Å²) in [4.78, 5) is 21.7. The first-order valence-electron chi connectivity index (χ1n) is 12.9. The highest BCUT2D eigenvalue weighted by atomic mass is 35.5. The number of phenols is 1. The van der Waals surface area contributed by atoms with E-state index in [2.05, 4.69) is 14.8 Å². The van der Waals surface area contributed by atoms with Crippen LogP contribution >= 0.6 is 11.6 Å². The Labute approximate surface area is 225 Å². The van der Waals surface area contributed by atoms with Crippen LogP contribution in [0.25, 0.3) is 27.9 Å². The summed E-state index contributed by atoms with van der Waals surface area (Å²) in [5, 5.41) is 11.6. The van der Waals surface area contributed by atoms with Crippen molar-refractivity contribution >= 4 is 17.4 Å². The molecule has 0 amide bonds. The molecule has 1 aliphatic heterocycles. The molecule has 2 aromatic heterocycles. The van der Waals surface area contributed by atoms with Crippen molar-refractivity contribution in [1.29, 1.82) is 0 Å². The van der Waals surface area contributed by atoms with Gasteiger partial charge in [0.05, 0.1) is 10.7 Å². The Kier molecular flexibility index (Phi) is 6.45. The van der Waals surface area contributed by atoms with Crippen molar-refractivity contribution in [2.45, 2.75) is 12.8 Å². The number of aryl methyl sites for hydroxylation is 1. The number of aromatic hydroxyl groups is 1. The van der Waals surface area contributed by atoms with Gasteiger partial charge in [0.25, 0.3) is 0 Å². The van der Waals surface area contributed by atoms with Gasteiger partial charge in [0.2, 0.25) is 0 Å². The lowest BCUT2D eigenvalue weighted by Crippen LogP contribution is -2.47. The minimum absolute atomic E-state index is 0.0431. The van der Waals surface area contributed by atoms with Gasteiger partial charge in [-0.05, 0) is 66.3 Å². The molecular weight excluding hydrogens is 505 g/mol. The van der Waals surface area contributed by atoms with Gasteiger partial charge in [0.15, 0.2) is 0 Å². The van der Waals surface area contributed by atoms with Gasteiger partial charge in [-0.15, -0.1) is 0 Å². The molecule has 1 aliphatic carbocycles. The van der Waals surface area contributed by atoms with Crippen molar-refractivity contribution in [3.05, 3.63) is 82.4 Å². The summed E-state index contributed by atoms with van der Waals surface area (Å²) in [5.41, 5.74) is 2.21. The predicted molar refractivity (Wildman–Crippen MR) is 148 cm³/mol. The minimum Gasteiger partial charge on any atom is -0.507 e. The fraction of sp³-hybridized carbons (Fsp3) is 0.310. The zero-order valence-electron chi connectivity index (χ0n) is 21.1. The third-order valence-electron chi connectivity index (χ3n) is 7.51. The van der Waals surface area contributed by atoms with Gasteiger partial charge in [-0.25, -0.2) is 14.2 Å². The van der Waals surface area contributed by atoms with E-state index < -0.39 is 5.82 Å². The van der Waals surface area contributed by atoms with Crippen molar-refractivity contribution in [2.75, 3.05) is 37.6 Å². The summed E-state index contributed by atoms with van der Waals surface area (Å²) in [6.45, 7) is 4.97. The molecule has 3 heterocycles. The second-order valence-corrected chi connectivity index (χ2v) is 10.6. The van der Waals surface area contributed by atoms with Crippen molar-refractivity contribution in [1.82, 2.24) is 19.0 Å². The van der Waals surface area contributed by atoms with Gasteiger partial charge in [-0.1, -0.05) is 17.7 Å². The standard InChI is InChI=1S/C29H29ClFN5O2/c1-33-8-13-36(29(33)38)26-5-4-20(14-25(26)30)23-16-22(31)17-24(28(23)37)21-6-7-32-27(15-21)35-11-9-34(10-12-35)18-19-2-3-19/h4-8,13-17,19,37H,2-3,9-12,18H2,1H3. The van der Waals surface area contributed by atoms with Crippen LogP contribution in [-0.4, -0.2) is 56.8 Å². The molecule has 4 aromatic rings. The maximum atomic E-state index is 14.9. The van der Waals surface area contributed by atoms with Gasteiger partial charge in [0, 0.05) is 69.5 Å². The molecule has 38 heavy (non-hydrogen) atoms. The van der Waals surface area contributed by atoms with E-state index in [0.717, 1.165) is 37.9 Å². The van der Waals surface area contributed by atoms with Gasteiger partial charge in [-0.2, -0.15) is 0 Å². The number of benzene rings is 2. The number of aromatic nitrogens is 3. The number of halogens is 2. The Balaban J connectivity index is 1.29. The van der Waals surface area contributed by atoms with E-state index in [9.17, 15) is 14.3 Å². The minimum atomic E-state index is -0.473. The summed E-state index contributed by atoms with van der Waals surface area (Å²) < 4.78 is 17.8. The molecule has 2 aromatic carbocycles. The zero-order chi connectivity index (χ0) is 26.4. The smallest absolute Gasteiger partial charge is 0.332 e. The Hall–Kier alpha value is -3.62. The summed E-state index contributed by atoms with van der Waals surface area (Å²) in [5.74, 6) is 1.18. The number of piperazine rings is 1. The molecule has 1 saturated carbocycles. The molecule has 0 radical (unpaired) electrons. The largest absolute Gasteiger partial charge is 0.507 e. The highest BCUT2D eigenvalue weighted by molar-refractivity contribution is 6.32. The Morgan fingerprint density at radius 2 is 1.71 bits per heavy atom. The van der Waals surface area contributed by atoms with Crippen molar-refractivity contribution in [2.24, 2.45) is 13.0 Å². The average Bonchev–Trinajstić information content (AvgIpc) is 3.68. The van der Waals surface area contributed by atoms with Crippen molar-refractivity contribution in [3.8, 4) is 33.7 Å². The third-order valence-corrected chi connectivity index (χ3v) is 7.81. The number of phenolic OH excluding ortho intramolecular Hbond substituents is 1. The SMILES string of the molecule is Cn1ccn(-c2ccc(-c3cc(F)cc(-c4ccnc(N5CCN(CC6CC6)CC5)c4)c3O)cc2Cl)c1=O. The molecule has 7 nitrogen and oxygen atoms in total. The highest BCUT2D eigenvalue weighted by Gasteiger charge is 2.27. The quantitative estimate of drug-likeness (QED) is 0.380. The first-order chi connectivity index (χ1) is 18.4. The van der Waals surface area contributed by atoms with Crippen LogP contribution in [0.2, 0.25) is 5.02 Å². The molecule has 0 bridgehead atoms. The number of pyridine rings is 1. The topological polar surface area (TPSA) is 66.5 Å². The fourth-order valence-corrected chi connectivity index (χ4v) is 5.41. The maximum absolute atomic E-state index is 14.9. The van der Waals surface area contributed by atoms with Crippen LogP contribution in [0.1, 0.15) is 12.8 Å². The molecule has 196 valence electrons. The van der Waals surface area contributed by atoms with Gasteiger partial charge in [0.1, 0.15) is 17.4 Å². The monoisotopic (exact) mass is 533 g/mol. The number of imidazole rings is 1. The third kappa shape index (κ3) is 4.81. The summed E-state index contributed by atoms with van der Waals surface area (Å²) in [7, 11) is 1.66. The van der Waals surface area contributed by atoms with Crippen LogP contribution in [-0.2, 0) is 7.05 Å². The molecule has 9 heteroatoms. The van der Waals surface area contributed by atoms with Gasteiger partial charge < -0.3 is 14.6 Å². The number of hydrogen-bond donors (Lipinski definition) is 1. The summed E-state index contributed by atoms with van der Waals surface area (Å²) in [6, 6.07) is 11.4. The molecule has 0 unspecified atom stereocenters. The molecular formula is C29H29ClFN5O2. The molecule has 0 spiro atoms. The number of rotatable bonds is 6. The summed E-state index contributed by atoms with van der Waals surface area (Å²) >= 11 is 6.53. The Morgan fingerprint density at radius 1 is 1.00 bits per heavy atom. The highest BCUT2D eigenvalue weighted by Crippen LogP contribution is 2.41. The van der Waals surface area contributed by atoms with Crippen LogP contribution < -0.4 is 10.6 Å². The van der Waals surface area contributed by atoms with E-state index in [0.29, 0.717) is 33.0 Å². The van der Waals surface area contributed by atoms with E-state index in [1.165, 1.54) is 40.7 Å². The predicted octanol–water partition coefficient (Wildman–Crippen LogP) is 4.94. The molecule has 2 fully saturated rings. The van der Waals surface area contributed by atoms with Crippen LogP contribution in [0.4, 0.5) is 10.2 Å². The van der Waals surface area contributed by atoms with E-state index in [1.807, 2.05) is 6.07 Å². The lowest BCUT2D eigenvalue weighted by molar-refractivity contribution is 0.247. The Morgan fingerprint density at radius 3 is 2.34 bits per heavy atom. The van der Waals surface area contributed by atoms with Crippen molar-refractivity contribution < 1.29 is 9.50 Å². The van der Waals surface area contributed by atoms with Crippen molar-refractivity contribution in [3.63, 3.8) is 0 Å². The Bertz CT molecular complexity index is 1550. The second kappa shape index (κ2) is 9.93. The van der Waals surface area contributed by atoms with Crippen LogP contribution in [0, 0.1) is 11.7 Å². The van der Waals surface area contributed by atoms with E-state index >= 15 is 0 Å². The first-order valence-corrected chi connectivity index (χ1v) is 13.3. The normalized spacial score (nSPS) is 16.2. The average molecular weight is 534 g/mol. The van der Waals surface area contributed by atoms with Crippen LogP contribution in [0.15, 0.2) is 65.8 Å². The summed E-state index contributed by atoms with van der Waals surface area (Å²) in [6.07, 6.45) is 7.69. The number of nitrogens with zero attached hydrogens (tertiary/aromatic N) is 5. The van der Waals surface area contributed by atoms with Crippen LogP contribution in [0.3, 0.4) is 0 Å². The van der Waals surface area contributed by atoms with E-state index in [-0.39, 0.29) is 11.4 Å². The molecule has 1 saturated heterocycles. The lowest BCUT2D eigenvalue weighted by Gasteiger charge is -2.35. The molecule has 6 rings (SSSR count). The molecule has 2 aliphatic rings. The number of hydrogen-bond acceptors (Lipinski definition) is 5. The molecule has 1 N–H and O–H groups in total. The van der Waals surface area contributed by atoms with Crippen LogP contribution in [0.5, 0.6) is 5.75 Å². The first kappa shape index (κ1) is 24.7. The lowest BCUT2D eigenvalue weighted by atomic mass is 9.97. The van der Waals surface area contributed by atoms with Gasteiger partial charge >= 0.3 is 5.69 Å². The molecule has 0 atom stereocenters. The second-order valence-electron chi connectivity index (χ2n) is 10.2. The number of anilines is 1. The van der Waals surface area contributed by atoms with Gasteiger partial charge in [-0.3, -0.25) is 9.47 Å². The zero-order valence-corrected chi connectivity index (χ0v) is 21.9.